The van der Waals surface area contributed by atoms with Crippen LogP contribution in [0.5, 0.6) is 0 Å². The van der Waals surface area contributed by atoms with Crippen LogP contribution in [0.2, 0.25) is 5.28 Å². The van der Waals surface area contributed by atoms with E-state index in [4.69, 9.17) is 36.3 Å². The number of benzene rings is 3. The van der Waals surface area contributed by atoms with E-state index in [2.05, 4.69) is 9.97 Å². The number of hydrogen-bond donors (Lipinski definition) is 1. The summed E-state index contributed by atoms with van der Waals surface area (Å²) in [4.78, 5) is 8.53. The van der Waals surface area contributed by atoms with Crippen molar-refractivity contribution in [2.24, 2.45) is 0 Å². The summed E-state index contributed by atoms with van der Waals surface area (Å²) < 4.78 is 27.9. The fourth-order valence-corrected chi connectivity index (χ4v) is 5.31. The van der Waals surface area contributed by atoms with Gasteiger partial charge in [0.2, 0.25) is 5.28 Å². The van der Waals surface area contributed by atoms with Crippen LogP contribution >= 0.6 is 11.6 Å². The van der Waals surface area contributed by atoms with Gasteiger partial charge in [-0.3, -0.25) is 0 Å². The zero-order valence-electron chi connectivity index (χ0n) is 22.4. The number of halogens is 1. The summed E-state index contributed by atoms with van der Waals surface area (Å²) in [6.07, 6.45) is -0.0483. The van der Waals surface area contributed by atoms with Gasteiger partial charge in [-0.25, -0.2) is 4.98 Å². The van der Waals surface area contributed by atoms with Crippen molar-refractivity contribution < 1.29 is 18.9 Å². The van der Waals surface area contributed by atoms with Gasteiger partial charge in [0, 0.05) is 6.20 Å². The van der Waals surface area contributed by atoms with Crippen molar-refractivity contribution in [3.8, 4) is 0 Å². The molecule has 1 saturated heterocycles. The first-order valence-electron chi connectivity index (χ1n) is 13.5. The first-order chi connectivity index (χ1) is 20.2. The summed E-state index contributed by atoms with van der Waals surface area (Å²) in [6, 6.07) is 32.0. The minimum absolute atomic E-state index is 0.0910. The molecule has 1 fully saturated rings. The number of aromatic nitrogens is 3. The van der Waals surface area contributed by atoms with Crippen molar-refractivity contribution >= 4 is 28.5 Å². The van der Waals surface area contributed by atoms with Gasteiger partial charge in [-0.05, 0) is 34.4 Å². The molecule has 210 valence electrons. The fourth-order valence-electron chi connectivity index (χ4n) is 5.12. The highest BCUT2D eigenvalue weighted by atomic mass is 35.5. The van der Waals surface area contributed by atoms with Gasteiger partial charge in [0.05, 0.1) is 31.9 Å². The van der Waals surface area contributed by atoms with E-state index in [0.717, 1.165) is 16.7 Å². The molecule has 0 radical (unpaired) electrons. The van der Waals surface area contributed by atoms with Gasteiger partial charge in [0.15, 0.2) is 12.0 Å². The van der Waals surface area contributed by atoms with Crippen LogP contribution in [0.3, 0.4) is 0 Å². The van der Waals surface area contributed by atoms with E-state index in [-0.39, 0.29) is 11.1 Å². The molecule has 3 aromatic carbocycles. The van der Waals surface area contributed by atoms with Gasteiger partial charge in [-0.1, -0.05) is 91.0 Å². The van der Waals surface area contributed by atoms with Crippen molar-refractivity contribution in [3.63, 3.8) is 0 Å². The maximum Gasteiger partial charge on any atom is 0.225 e. The van der Waals surface area contributed by atoms with Crippen molar-refractivity contribution in [2.45, 2.75) is 44.4 Å². The maximum atomic E-state index is 6.68. The van der Waals surface area contributed by atoms with Crippen LogP contribution in [0.25, 0.3) is 11.0 Å². The number of fused-ring (bicyclic) bond motifs is 1. The molecule has 0 aliphatic carbocycles. The molecule has 0 bridgehead atoms. The van der Waals surface area contributed by atoms with Crippen LogP contribution in [0, 0.1) is 0 Å². The first kappa shape index (κ1) is 27.4. The SMILES string of the molecule is Nc1nc(Cl)nc2ccn([C@@H]3O[C@H](COCc4ccccc4)[C@@H](OCc4ccccc4)[C@@H]3OCc3ccccc3)c12. The first-order valence-corrected chi connectivity index (χ1v) is 13.9. The van der Waals surface area contributed by atoms with Crippen molar-refractivity contribution in [1.29, 1.82) is 0 Å². The average Bonchev–Trinajstić information content (AvgIpc) is 3.57. The normalized spacial score (nSPS) is 20.5. The summed E-state index contributed by atoms with van der Waals surface area (Å²) in [7, 11) is 0. The monoisotopic (exact) mass is 570 g/mol. The Morgan fingerprint density at radius 2 is 1.29 bits per heavy atom. The van der Waals surface area contributed by atoms with Crippen LogP contribution in [0.1, 0.15) is 22.9 Å². The Morgan fingerprint density at radius 1 is 0.732 bits per heavy atom. The van der Waals surface area contributed by atoms with Crippen molar-refractivity contribution in [1.82, 2.24) is 14.5 Å². The summed E-state index contributed by atoms with van der Waals surface area (Å²) in [5.74, 6) is 0.265. The molecule has 1 aliphatic heterocycles. The molecular weight excluding hydrogens is 540 g/mol. The third-order valence-corrected chi connectivity index (χ3v) is 7.25. The molecule has 2 N–H and O–H groups in total. The average molecular weight is 571 g/mol. The van der Waals surface area contributed by atoms with E-state index in [0.29, 0.717) is 37.5 Å². The molecule has 41 heavy (non-hydrogen) atoms. The number of nitrogen functional groups attached to an aromatic ring is 1. The lowest BCUT2D eigenvalue weighted by atomic mass is 10.1. The predicted octanol–water partition coefficient (Wildman–Crippen LogP) is 5.95. The molecule has 0 unspecified atom stereocenters. The van der Waals surface area contributed by atoms with Gasteiger partial charge >= 0.3 is 0 Å². The largest absolute Gasteiger partial charge is 0.382 e. The second kappa shape index (κ2) is 12.8. The number of nitrogens with two attached hydrogens (primary N) is 1. The molecule has 8 nitrogen and oxygen atoms in total. The highest BCUT2D eigenvalue weighted by molar-refractivity contribution is 6.28. The zero-order chi connectivity index (χ0) is 28.0. The molecule has 0 saturated carbocycles. The van der Waals surface area contributed by atoms with Crippen LogP contribution in [0.4, 0.5) is 5.82 Å². The van der Waals surface area contributed by atoms with E-state index in [1.54, 1.807) is 0 Å². The quantitative estimate of drug-likeness (QED) is 0.196. The smallest absolute Gasteiger partial charge is 0.225 e. The maximum absolute atomic E-state index is 6.68. The minimum Gasteiger partial charge on any atom is -0.382 e. The molecule has 5 aromatic rings. The Hall–Kier alpha value is -3.79. The highest BCUT2D eigenvalue weighted by Crippen LogP contribution is 2.38. The lowest BCUT2D eigenvalue weighted by molar-refractivity contribution is -0.0913. The standard InChI is InChI=1S/C32H31ClN4O4/c33-32-35-25-16-17-37(27(25)30(34)36-32)31-29(40-20-24-14-8-3-9-15-24)28(39-19-23-12-6-2-7-13-23)26(41-31)21-38-18-22-10-4-1-5-11-22/h1-17,26,28-29,31H,18-21H2,(H2,34,35,36)/t26-,28-,29+,31-/m1/s1. The van der Waals surface area contributed by atoms with Crippen molar-refractivity contribution in [2.75, 3.05) is 12.3 Å². The van der Waals surface area contributed by atoms with Crippen molar-refractivity contribution in [3.05, 3.63) is 125 Å². The fraction of sp³-hybridized carbons (Fsp3) is 0.250. The molecule has 0 spiro atoms. The van der Waals surface area contributed by atoms with Gasteiger partial charge in [-0.2, -0.15) is 4.98 Å². The Labute approximate surface area is 243 Å². The Bertz CT molecular complexity index is 1550. The third kappa shape index (κ3) is 6.43. The Morgan fingerprint density at radius 3 is 1.90 bits per heavy atom. The lowest BCUT2D eigenvalue weighted by Crippen LogP contribution is -2.38. The summed E-state index contributed by atoms with van der Waals surface area (Å²) in [5.41, 5.74) is 10.8. The molecule has 9 heteroatoms. The second-order valence-corrected chi connectivity index (χ2v) is 10.3. The highest BCUT2D eigenvalue weighted by Gasteiger charge is 2.48. The number of hydrogen-bond acceptors (Lipinski definition) is 7. The Kier molecular flexibility index (Phi) is 8.55. The molecular formula is C32H31ClN4O4. The molecule has 3 heterocycles. The summed E-state index contributed by atoms with van der Waals surface area (Å²) in [5, 5.41) is 0.0910. The minimum atomic E-state index is -0.575. The van der Waals surface area contributed by atoms with Gasteiger partial charge in [0.25, 0.3) is 0 Å². The van der Waals surface area contributed by atoms with Gasteiger partial charge < -0.3 is 29.2 Å². The number of nitrogens with zero attached hydrogens (tertiary/aromatic N) is 3. The van der Waals surface area contributed by atoms with E-state index in [1.807, 2.05) is 108 Å². The molecule has 6 rings (SSSR count). The Balaban J connectivity index is 1.31. The summed E-state index contributed by atoms with van der Waals surface area (Å²) in [6.45, 7) is 1.55. The zero-order valence-corrected chi connectivity index (χ0v) is 23.1. The van der Waals surface area contributed by atoms with Gasteiger partial charge in [0.1, 0.15) is 23.8 Å². The van der Waals surface area contributed by atoms with Crippen LogP contribution in [0.15, 0.2) is 103 Å². The van der Waals surface area contributed by atoms with Crippen LogP contribution in [-0.4, -0.2) is 39.5 Å². The summed E-state index contributed by atoms with van der Waals surface area (Å²) >= 11 is 6.09. The molecule has 0 amide bonds. The molecule has 2 aromatic heterocycles. The van der Waals surface area contributed by atoms with E-state index < -0.39 is 24.5 Å². The topological polar surface area (TPSA) is 93.7 Å². The number of anilines is 1. The van der Waals surface area contributed by atoms with Gasteiger partial charge in [-0.15, -0.1) is 0 Å². The predicted molar refractivity (Wildman–Crippen MR) is 157 cm³/mol. The van der Waals surface area contributed by atoms with E-state index in [9.17, 15) is 0 Å². The second-order valence-electron chi connectivity index (χ2n) is 9.92. The van der Waals surface area contributed by atoms with Crippen LogP contribution < -0.4 is 5.73 Å². The molecule has 1 aliphatic rings. The van der Waals surface area contributed by atoms with E-state index in [1.165, 1.54) is 0 Å². The number of rotatable bonds is 11. The molecule has 4 atom stereocenters. The third-order valence-electron chi connectivity index (χ3n) is 7.09. The lowest BCUT2D eigenvalue weighted by Gasteiger charge is -2.26. The van der Waals surface area contributed by atoms with Crippen LogP contribution in [-0.2, 0) is 38.8 Å². The van der Waals surface area contributed by atoms with E-state index >= 15 is 0 Å². The number of ether oxygens (including phenoxy) is 4.